The van der Waals surface area contributed by atoms with Crippen LogP contribution in [0.5, 0.6) is 0 Å². The van der Waals surface area contributed by atoms with Crippen LogP contribution >= 0.6 is 48.0 Å². The maximum absolute atomic E-state index is 0. The molecule has 0 atom stereocenters. The minimum absolute atomic E-state index is 0. The Hall–Kier alpha value is 3.72. The van der Waals surface area contributed by atoms with E-state index in [0.717, 1.165) is 0 Å². The van der Waals surface area contributed by atoms with E-state index in [9.17, 15) is 0 Å². The molecule has 0 heterocycles. The minimum atomic E-state index is 0. The van der Waals surface area contributed by atoms with Crippen LogP contribution in [-0.2, 0) is 0 Å². The second kappa shape index (κ2) is 15.9. The summed E-state index contributed by atoms with van der Waals surface area (Å²) in [5, 5.41) is 0. The Bertz CT molecular complexity index is 6.00. The van der Waals surface area contributed by atoms with Crippen molar-refractivity contribution < 1.29 is 0 Å². The Balaban J connectivity index is 0. The van der Waals surface area contributed by atoms with E-state index in [1.165, 1.54) is 0 Å². The van der Waals surface area contributed by atoms with Gasteiger partial charge in [-0.1, -0.05) is 0 Å². The monoisotopic (exact) mass is 322 g/mol. The van der Waals surface area contributed by atoms with Gasteiger partial charge in [-0.3, -0.25) is 0 Å². The van der Waals surface area contributed by atoms with E-state index in [1.807, 2.05) is 0 Å². The Morgan fingerprint density at radius 1 is 0.750 bits per heavy atom. The standard InChI is InChI=1S/Ca.2HI.Na.3H/h;2*1H;;;;. The molecule has 0 aliphatic carbocycles. The van der Waals surface area contributed by atoms with Gasteiger partial charge in [0.1, 0.15) is 0 Å². The molecular weight excluding hydrogens is 317 g/mol. The molecule has 0 aromatic carbocycles. The quantitative estimate of drug-likeness (QED) is 0.423. The van der Waals surface area contributed by atoms with Gasteiger partial charge in [-0.15, -0.1) is 48.0 Å². The SMILES string of the molecule is I.I.[CaH2].[NaH]. The van der Waals surface area contributed by atoms with Crippen molar-refractivity contribution >= 4 is 115 Å². The van der Waals surface area contributed by atoms with E-state index in [1.54, 1.807) is 0 Å². The molecule has 4 heteroatoms. The summed E-state index contributed by atoms with van der Waals surface area (Å²) in [7, 11) is 0. The summed E-state index contributed by atoms with van der Waals surface area (Å²) >= 11 is 0. The van der Waals surface area contributed by atoms with Gasteiger partial charge in [0, 0.05) is 0 Å². The zero-order chi connectivity index (χ0) is 0. The molecule has 0 fully saturated rings. The number of rotatable bonds is 0. The first-order valence-electron chi connectivity index (χ1n) is 0. The van der Waals surface area contributed by atoms with Crippen molar-refractivity contribution in [2.45, 2.75) is 0 Å². The molecule has 0 aliphatic heterocycles. The molecule has 0 nitrogen and oxygen atoms in total. The van der Waals surface area contributed by atoms with Crippen LogP contribution in [0.15, 0.2) is 0 Å². The first kappa shape index (κ1) is 25.2. The summed E-state index contributed by atoms with van der Waals surface area (Å²) in [6.07, 6.45) is 0. The fraction of sp³-hybridized carbons (Fsp3) is 0. The normalized spacial score (nSPS) is 0. The summed E-state index contributed by atoms with van der Waals surface area (Å²) < 4.78 is 0. The molecule has 0 amide bonds. The maximum atomic E-state index is 0. The summed E-state index contributed by atoms with van der Waals surface area (Å²) in [4.78, 5) is 0. The molecule has 0 rings (SSSR count). The zero-order valence-electron chi connectivity index (χ0n) is 0.816. The first-order valence-corrected chi connectivity index (χ1v) is 0. The van der Waals surface area contributed by atoms with E-state index in [-0.39, 0.29) is 115 Å². The average molecular weight is 322 g/mol. The van der Waals surface area contributed by atoms with Crippen LogP contribution in [0.3, 0.4) is 0 Å². The van der Waals surface area contributed by atoms with Crippen LogP contribution in [-0.4, -0.2) is 67.3 Å². The Morgan fingerprint density at radius 2 is 0.750 bits per heavy atom. The fourth-order valence-corrected chi connectivity index (χ4v) is 0. The summed E-state index contributed by atoms with van der Waals surface area (Å²) in [6.45, 7) is 0. The molecule has 0 bridgehead atoms. The molecule has 0 unspecified atom stereocenters. The van der Waals surface area contributed by atoms with Gasteiger partial charge in [0.15, 0.2) is 0 Å². The fourth-order valence-electron chi connectivity index (χ4n) is 0. The zero-order valence-corrected chi connectivity index (χ0v) is 5.48. The van der Waals surface area contributed by atoms with Crippen LogP contribution in [0, 0.1) is 0 Å². The van der Waals surface area contributed by atoms with E-state index < -0.39 is 0 Å². The number of halogens is 2. The predicted molar refractivity (Wildman–Crippen MR) is 46.5 cm³/mol. The van der Waals surface area contributed by atoms with Crippen molar-refractivity contribution in [2.24, 2.45) is 0 Å². The number of hydrogen-bond donors (Lipinski definition) is 0. The van der Waals surface area contributed by atoms with Gasteiger partial charge >= 0.3 is 67.3 Å². The van der Waals surface area contributed by atoms with Crippen molar-refractivity contribution in [3.05, 3.63) is 0 Å². The first-order chi connectivity index (χ1) is 0. The van der Waals surface area contributed by atoms with Crippen LogP contribution in [0.4, 0.5) is 0 Å². The molecule has 0 spiro atoms. The predicted octanol–water partition coefficient (Wildman–Crippen LogP) is -0.329. The molecule has 0 radical (unpaired) electrons. The molecule has 0 saturated carbocycles. The molecule has 0 N–H and O–H groups in total. The third kappa shape index (κ3) is 9.21. The van der Waals surface area contributed by atoms with E-state index in [0.29, 0.717) is 0 Å². The molecule has 22 valence electrons. The number of hydrogen-bond acceptors (Lipinski definition) is 0. The molecule has 4 heavy (non-hydrogen) atoms. The van der Waals surface area contributed by atoms with Crippen LogP contribution < -0.4 is 0 Å². The van der Waals surface area contributed by atoms with Gasteiger partial charge < -0.3 is 0 Å². The summed E-state index contributed by atoms with van der Waals surface area (Å²) in [6, 6.07) is 0. The Morgan fingerprint density at radius 3 is 0.750 bits per heavy atom. The van der Waals surface area contributed by atoms with Gasteiger partial charge in [-0.25, -0.2) is 0 Å². The van der Waals surface area contributed by atoms with Crippen LogP contribution in [0.1, 0.15) is 0 Å². The van der Waals surface area contributed by atoms with Gasteiger partial charge in [0.2, 0.25) is 0 Å². The molecule has 0 aromatic rings. The summed E-state index contributed by atoms with van der Waals surface area (Å²) in [5.74, 6) is 0. The second-order valence-electron chi connectivity index (χ2n) is 0. The molecular formula is H5CaI2Na. The molecule has 0 aromatic heterocycles. The van der Waals surface area contributed by atoms with Crippen molar-refractivity contribution in [3.8, 4) is 0 Å². The topological polar surface area (TPSA) is 0 Å². The van der Waals surface area contributed by atoms with Gasteiger partial charge in [0.25, 0.3) is 0 Å². The second-order valence-corrected chi connectivity index (χ2v) is 0. The third-order valence-corrected chi connectivity index (χ3v) is 0. The van der Waals surface area contributed by atoms with E-state index in [2.05, 4.69) is 0 Å². The Kier molecular flexibility index (Phi) is 100. The van der Waals surface area contributed by atoms with Gasteiger partial charge in [-0.2, -0.15) is 0 Å². The van der Waals surface area contributed by atoms with Crippen molar-refractivity contribution in [3.63, 3.8) is 0 Å². The van der Waals surface area contributed by atoms with Crippen molar-refractivity contribution in [1.29, 1.82) is 0 Å². The van der Waals surface area contributed by atoms with Crippen molar-refractivity contribution in [1.82, 2.24) is 0 Å². The van der Waals surface area contributed by atoms with Gasteiger partial charge in [0.05, 0.1) is 0 Å². The summed E-state index contributed by atoms with van der Waals surface area (Å²) in [5.41, 5.74) is 0. The van der Waals surface area contributed by atoms with Crippen LogP contribution in [0.25, 0.3) is 0 Å². The Labute approximate surface area is 112 Å². The average Bonchev–Trinajstić information content (AvgIpc) is 0. The third-order valence-electron chi connectivity index (χ3n) is 0. The van der Waals surface area contributed by atoms with E-state index in [4.69, 9.17) is 0 Å². The molecule has 0 aliphatic rings. The molecule has 0 saturated heterocycles. The van der Waals surface area contributed by atoms with Crippen molar-refractivity contribution in [2.75, 3.05) is 0 Å². The van der Waals surface area contributed by atoms with E-state index >= 15 is 0 Å². The van der Waals surface area contributed by atoms with Gasteiger partial charge in [-0.05, 0) is 0 Å². The van der Waals surface area contributed by atoms with Crippen LogP contribution in [0.2, 0.25) is 0 Å².